The van der Waals surface area contributed by atoms with Crippen molar-refractivity contribution >= 4 is 5.97 Å². The number of rotatable bonds is 5. The van der Waals surface area contributed by atoms with E-state index in [9.17, 15) is 9.90 Å². The van der Waals surface area contributed by atoms with Gasteiger partial charge in [-0.25, -0.2) is 0 Å². The second kappa shape index (κ2) is 5.80. The summed E-state index contributed by atoms with van der Waals surface area (Å²) >= 11 is 0. The van der Waals surface area contributed by atoms with Crippen LogP contribution < -0.4 is 5.32 Å². The van der Waals surface area contributed by atoms with Gasteiger partial charge in [0, 0.05) is 19.1 Å². The molecular weight excluding hydrogens is 240 g/mol. The number of aliphatic carboxylic acids is 1. The Kier molecular flexibility index (Phi) is 4.51. The molecule has 0 aromatic rings. The average molecular weight is 268 g/mol. The Labute approximate surface area is 116 Å². The maximum Gasteiger partial charge on any atom is 0.323 e. The van der Waals surface area contributed by atoms with Crippen molar-refractivity contribution in [2.24, 2.45) is 11.8 Å². The van der Waals surface area contributed by atoms with E-state index in [1.165, 1.54) is 25.7 Å². The van der Waals surface area contributed by atoms with E-state index in [-0.39, 0.29) is 0 Å². The Morgan fingerprint density at radius 3 is 2.47 bits per heavy atom. The summed E-state index contributed by atoms with van der Waals surface area (Å²) in [5.41, 5.74) is -0.814. The Hall–Kier alpha value is -0.610. The molecule has 4 nitrogen and oxygen atoms in total. The van der Waals surface area contributed by atoms with Crippen molar-refractivity contribution in [2.75, 3.05) is 20.1 Å². The number of fused-ring (bicyclic) bond motifs is 2. The summed E-state index contributed by atoms with van der Waals surface area (Å²) in [5.74, 6) is 0.945. The summed E-state index contributed by atoms with van der Waals surface area (Å²) in [7, 11) is 1.74. The second-order valence-corrected chi connectivity index (χ2v) is 6.79. The van der Waals surface area contributed by atoms with Crippen LogP contribution in [-0.2, 0) is 4.79 Å². The fourth-order valence-electron chi connectivity index (χ4n) is 3.85. The molecule has 1 aliphatic heterocycles. The van der Waals surface area contributed by atoms with Crippen LogP contribution in [0.4, 0.5) is 0 Å². The van der Waals surface area contributed by atoms with Crippen LogP contribution >= 0.6 is 0 Å². The molecule has 4 atom stereocenters. The summed E-state index contributed by atoms with van der Waals surface area (Å²) in [6, 6.07) is 0.331. The first-order valence-electron chi connectivity index (χ1n) is 7.61. The van der Waals surface area contributed by atoms with Gasteiger partial charge in [0.05, 0.1) is 0 Å². The molecule has 2 rings (SSSR count). The molecule has 19 heavy (non-hydrogen) atoms. The molecule has 1 aliphatic carbocycles. The maximum atomic E-state index is 11.4. The number of carboxylic acid groups (broad SMARTS) is 1. The van der Waals surface area contributed by atoms with Crippen molar-refractivity contribution in [2.45, 2.75) is 57.5 Å². The van der Waals surface area contributed by atoms with Gasteiger partial charge in [0.1, 0.15) is 5.54 Å². The molecule has 2 aliphatic rings. The molecule has 0 amide bonds. The third-order valence-electron chi connectivity index (χ3n) is 5.23. The number of hydrogen-bond donors (Lipinski definition) is 2. The van der Waals surface area contributed by atoms with Gasteiger partial charge in [-0.05, 0) is 58.4 Å². The molecule has 4 heteroatoms. The number of piperidine rings is 1. The van der Waals surface area contributed by atoms with Gasteiger partial charge in [-0.3, -0.25) is 4.79 Å². The summed E-state index contributed by atoms with van der Waals surface area (Å²) in [5, 5.41) is 12.3. The van der Waals surface area contributed by atoms with Crippen molar-refractivity contribution in [1.29, 1.82) is 0 Å². The van der Waals surface area contributed by atoms with Crippen molar-refractivity contribution in [3.05, 3.63) is 0 Å². The first-order valence-corrected chi connectivity index (χ1v) is 7.61. The van der Waals surface area contributed by atoms with E-state index < -0.39 is 11.5 Å². The van der Waals surface area contributed by atoms with E-state index in [2.05, 4.69) is 17.1 Å². The Balaban J connectivity index is 1.96. The fraction of sp³-hybridized carbons (Fsp3) is 0.933. The van der Waals surface area contributed by atoms with Crippen LogP contribution in [0.1, 0.15) is 46.0 Å². The van der Waals surface area contributed by atoms with E-state index in [0.29, 0.717) is 12.5 Å². The number of nitrogens with one attached hydrogen (secondary N) is 1. The van der Waals surface area contributed by atoms with Crippen LogP contribution in [-0.4, -0.2) is 47.7 Å². The van der Waals surface area contributed by atoms with Gasteiger partial charge in [-0.2, -0.15) is 0 Å². The standard InChI is InChI=1S/C15H28N2O2/c1-11(8-15(2,16-3)14(18)19)17-9-12-5-4-6-13(7-12)10-17/h11-13,16H,4-10H2,1-3H3,(H,18,19). The van der Waals surface area contributed by atoms with E-state index in [4.69, 9.17) is 0 Å². The van der Waals surface area contributed by atoms with Gasteiger partial charge in [-0.1, -0.05) is 6.42 Å². The van der Waals surface area contributed by atoms with Crippen molar-refractivity contribution < 1.29 is 9.90 Å². The molecule has 4 unspecified atom stereocenters. The number of carboxylic acids is 1. The predicted molar refractivity (Wildman–Crippen MR) is 76.2 cm³/mol. The first-order chi connectivity index (χ1) is 8.94. The fourth-order valence-corrected chi connectivity index (χ4v) is 3.85. The topological polar surface area (TPSA) is 52.6 Å². The molecule has 0 spiro atoms. The zero-order valence-electron chi connectivity index (χ0n) is 12.5. The van der Waals surface area contributed by atoms with Gasteiger partial charge in [0.25, 0.3) is 0 Å². The lowest BCUT2D eigenvalue weighted by Crippen LogP contribution is -2.54. The van der Waals surface area contributed by atoms with Gasteiger partial charge < -0.3 is 15.3 Å². The quantitative estimate of drug-likeness (QED) is 0.800. The highest BCUT2D eigenvalue weighted by Crippen LogP contribution is 2.35. The highest BCUT2D eigenvalue weighted by molar-refractivity contribution is 5.78. The first kappa shape index (κ1) is 14.8. The minimum atomic E-state index is -0.814. The molecule has 1 saturated carbocycles. The molecule has 1 heterocycles. The van der Waals surface area contributed by atoms with Crippen LogP contribution in [0.5, 0.6) is 0 Å². The van der Waals surface area contributed by atoms with Gasteiger partial charge >= 0.3 is 5.97 Å². The van der Waals surface area contributed by atoms with E-state index in [0.717, 1.165) is 24.9 Å². The molecule has 0 aromatic heterocycles. The summed E-state index contributed by atoms with van der Waals surface area (Å²) in [4.78, 5) is 13.9. The zero-order chi connectivity index (χ0) is 14.0. The van der Waals surface area contributed by atoms with E-state index in [1.807, 2.05) is 0 Å². The third-order valence-corrected chi connectivity index (χ3v) is 5.23. The minimum absolute atomic E-state index is 0.331. The molecule has 2 fully saturated rings. The average Bonchev–Trinajstić information content (AvgIpc) is 2.37. The molecule has 1 saturated heterocycles. The third kappa shape index (κ3) is 3.29. The molecule has 110 valence electrons. The molecular formula is C15H28N2O2. The molecule has 0 aromatic carbocycles. The van der Waals surface area contributed by atoms with Crippen molar-refractivity contribution in [1.82, 2.24) is 10.2 Å². The lowest BCUT2D eigenvalue weighted by molar-refractivity contribution is -0.145. The van der Waals surface area contributed by atoms with Crippen molar-refractivity contribution in [3.8, 4) is 0 Å². The van der Waals surface area contributed by atoms with E-state index in [1.54, 1.807) is 14.0 Å². The Morgan fingerprint density at radius 1 is 1.42 bits per heavy atom. The van der Waals surface area contributed by atoms with Crippen molar-refractivity contribution in [3.63, 3.8) is 0 Å². The highest BCUT2D eigenvalue weighted by atomic mass is 16.4. The Morgan fingerprint density at radius 2 is 2.00 bits per heavy atom. The number of likely N-dealkylation sites (N-methyl/N-ethyl adjacent to an activating group) is 1. The molecule has 0 radical (unpaired) electrons. The lowest BCUT2D eigenvalue weighted by Gasteiger charge is -2.45. The normalized spacial score (nSPS) is 32.6. The second-order valence-electron chi connectivity index (χ2n) is 6.79. The van der Waals surface area contributed by atoms with Gasteiger partial charge in [-0.15, -0.1) is 0 Å². The maximum absolute atomic E-state index is 11.4. The SMILES string of the molecule is CNC(C)(CC(C)N1CC2CCCC(C2)C1)C(=O)O. The van der Waals surface area contributed by atoms with Gasteiger partial charge in [0.2, 0.25) is 0 Å². The molecule has 2 bridgehead atoms. The predicted octanol–water partition coefficient (Wildman–Crippen LogP) is 1.95. The number of carbonyl (C=O) groups is 1. The van der Waals surface area contributed by atoms with E-state index >= 15 is 0 Å². The van der Waals surface area contributed by atoms with Crippen LogP contribution in [0.3, 0.4) is 0 Å². The lowest BCUT2D eigenvalue weighted by atomic mass is 9.77. The largest absolute Gasteiger partial charge is 0.480 e. The monoisotopic (exact) mass is 268 g/mol. The van der Waals surface area contributed by atoms with Crippen LogP contribution in [0, 0.1) is 11.8 Å². The molecule has 2 N–H and O–H groups in total. The summed E-state index contributed by atoms with van der Waals surface area (Å²) in [6.45, 7) is 6.30. The Bertz CT molecular complexity index is 322. The van der Waals surface area contributed by atoms with Gasteiger partial charge in [0.15, 0.2) is 0 Å². The van der Waals surface area contributed by atoms with Crippen LogP contribution in [0.25, 0.3) is 0 Å². The van der Waals surface area contributed by atoms with Crippen LogP contribution in [0.2, 0.25) is 0 Å². The number of nitrogens with zero attached hydrogens (tertiary/aromatic N) is 1. The highest BCUT2D eigenvalue weighted by Gasteiger charge is 2.37. The number of hydrogen-bond acceptors (Lipinski definition) is 3. The zero-order valence-corrected chi connectivity index (χ0v) is 12.5. The number of likely N-dealkylation sites (tertiary alicyclic amines) is 1. The van der Waals surface area contributed by atoms with Crippen LogP contribution in [0.15, 0.2) is 0 Å². The summed E-state index contributed by atoms with van der Waals surface area (Å²) in [6.07, 6.45) is 6.18. The smallest absolute Gasteiger partial charge is 0.323 e. The minimum Gasteiger partial charge on any atom is -0.480 e. The summed E-state index contributed by atoms with van der Waals surface area (Å²) < 4.78 is 0.